The largest absolute Gasteiger partial charge is 0.507 e. The zero-order valence-electron chi connectivity index (χ0n) is 20.5. The molecule has 1 amide bonds. The summed E-state index contributed by atoms with van der Waals surface area (Å²) in [5, 5.41) is 11.3. The normalized spacial score (nSPS) is 17.5. The van der Waals surface area contributed by atoms with Crippen LogP contribution in [0.2, 0.25) is 0 Å². The van der Waals surface area contributed by atoms with Crippen LogP contribution >= 0.6 is 0 Å². The highest BCUT2D eigenvalue weighted by Gasteiger charge is 2.46. The van der Waals surface area contributed by atoms with Gasteiger partial charge in [-0.2, -0.15) is 0 Å². The molecule has 8 heteroatoms. The number of amides is 1. The SMILES string of the molecule is COc1ccc(/C(O)=C2\C(=O)C(=O)N(CCN(C)C)C2c2cccc(OC(C)C)c2)cc1OC. The molecule has 1 heterocycles. The minimum absolute atomic E-state index is 0.0256. The van der Waals surface area contributed by atoms with Gasteiger partial charge in [-0.15, -0.1) is 0 Å². The van der Waals surface area contributed by atoms with E-state index in [0.717, 1.165) is 0 Å². The van der Waals surface area contributed by atoms with E-state index in [1.807, 2.05) is 51.0 Å². The number of aliphatic hydroxyl groups excluding tert-OH is 1. The smallest absolute Gasteiger partial charge is 0.295 e. The van der Waals surface area contributed by atoms with Crippen LogP contribution in [-0.4, -0.2) is 74.1 Å². The number of hydrogen-bond acceptors (Lipinski definition) is 7. The Labute approximate surface area is 200 Å². The molecular weight excluding hydrogens is 436 g/mol. The monoisotopic (exact) mass is 468 g/mol. The number of nitrogens with zero attached hydrogens (tertiary/aromatic N) is 2. The van der Waals surface area contributed by atoms with E-state index >= 15 is 0 Å². The van der Waals surface area contributed by atoms with Crippen LogP contribution in [0.15, 0.2) is 48.0 Å². The van der Waals surface area contributed by atoms with Gasteiger partial charge in [0.1, 0.15) is 11.5 Å². The molecule has 2 aromatic carbocycles. The van der Waals surface area contributed by atoms with Crippen LogP contribution in [0.25, 0.3) is 5.76 Å². The van der Waals surface area contributed by atoms with Crippen LogP contribution < -0.4 is 14.2 Å². The maximum Gasteiger partial charge on any atom is 0.295 e. The number of methoxy groups -OCH3 is 2. The Morgan fingerprint density at radius 1 is 1.06 bits per heavy atom. The van der Waals surface area contributed by atoms with Crippen molar-refractivity contribution < 1.29 is 28.9 Å². The lowest BCUT2D eigenvalue weighted by molar-refractivity contribution is -0.140. The van der Waals surface area contributed by atoms with E-state index in [-0.39, 0.29) is 17.4 Å². The minimum atomic E-state index is -0.760. The lowest BCUT2D eigenvalue weighted by atomic mass is 9.95. The van der Waals surface area contributed by atoms with Crippen molar-refractivity contribution in [2.45, 2.75) is 26.0 Å². The molecule has 182 valence electrons. The highest BCUT2D eigenvalue weighted by Crippen LogP contribution is 2.41. The molecule has 0 bridgehead atoms. The van der Waals surface area contributed by atoms with Crippen molar-refractivity contribution in [2.75, 3.05) is 41.4 Å². The van der Waals surface area contributed by atoms with E-state index in [0.29, 0.717) is 41.5 Å². The molecule has 1 atom stereocenters. The molecule has 0 saturated carbocycles. The molecule has 8 nitrogen and oxygen atoms in total. The van der Waals surface area contributed by atoms with Gasteiger partial charge in [0.05, 0.1) is 31.9 Å². The number of likely N-dealkylation sites (N-methyl/N-ethyl adjacent to an activating group) is 1. The zero-order valence-corrected chi connectivity index (χ0v) is 20.5. The fraction of sp³-hybridized carbons (Fsp3) is 0.385. The summed E-state index contributed by atoms with van der Waals surface area (Å²) in [6.07, 6.45) is -0.0397. The van der Waals surface area contributed by atoms with Gasteiger partial charge in [0.15, 0.2) is 11.5 Å². The first-order valence-corrected chi connectivity index (χ1v) is 11.1. The van der Waals surface area contributed by atoms with Crippen molar-refractivity contribution in [3.63, 3.8) is 0 Å². The molecule has 0 radical (unpaired) electrons. The minimum Gasteiger partial charge on any atom is -0.507 e. The summed E-state index contributed by atoms with van der Waals surface area (Å²) in [4.78, 5) is 29.7. The molecule has 0 spiro atoms. The molecule has 1 N–H and O–H groups in total. The third-order valence-electron chi connectivity index (χ3n) is 5.53. The number of benzene rings is 2. The van der Waals surface area contributed by atoms with Gasteiger partial charge in [0, 0.05) is 18.7 Å². The number of Topliss-reactive ketones (excluding diaryl/α,β-unsaturated/α-hetero) is 1. The van der Waals surface area contributed by atoms with Crippen molar-refractivity contribution in [3.05, 3.63) is 59.2 Å². The zero-order chi connectivity index (χ0) is 25.0. The number of rotatable bonds is 9. The van der Waals surface area contributed by atoms with Gasteiger partial charge >= 0.3 is 0 Å². The first-order valence-electron chi connectivity index (χ1n) is 11.1. The van der Waals surface area contributed by atoms with E-state index < -0.39 is 17.7 Å². The molecule has 0 aromatic heterocycles. The second kappa shape index (κ2) is 10.6. The predicted molar refractivity (Wildman–Crippen MR) is 129 cm³/mol. The molecule has 0 aliphatic carbocycles. The summed E-state index contributed by atoms with van der Waals surface area (Å²) in [5.74, 6) is -0.142. The molecule has 34 heavy (non-hydrogen) atoms. The summed E-state index contributed by atoms with van der Waals surface area (Å²) in [6.45, 7) is 4.72. The van der Waals surface area contributed by atoms with E-state index in [4.69, 9.17) is 14.2 Å². The van der Waals surface area contributed by atoms with Crippen LogP contribution in [0, 0.1) is 0 Å². The standard InChI is InChI=1S/C26H32N2O6/c1-16(2)34-19-9-7-8-17(14-19)23-22(25(30)26(31)28(23)13-12-27(3)4)24(29)18-10-11-20(32-5)21(15-18)33-6/h7-11,14-16,23,29H,12-13H2,1-6H3/b24-22+. The Morgan fingerprint density at radius 3 is 2.38 bits per heavy atom. The van der Waals surface area contributed by atoms with Gasteiger partial charge in [-0.25, -0.2) is 0 Å². The van der Waals surface area contributed by atoms with Crippen LogP contribution in [0.4, 0.5) is 0 Å². The fourth-order valence-corrected chi connectivity index (χ4v) is 3.93. The summed E-state index contributed by atoms with van der Waals surface area (Å²) >= 11 is 0. The van der Waals surface area contributed by atoms with Crippen molar-refractivity contribution in [3.8, 4) is 17.2 Å². The van der Waals surface area contributed by atoms with Crippen LogP contribution in [-0.2, 0) is 9.59 Å². The van der Waals surface area contributed by atoms with E-state index in [2.05, 4.69) is 0 Å². The van der Waals surface area contributed by atoms with E-state index in [9.17, 15) is 14.7 Å². The Balaban J connectivity index is 2.17. The summed E-state index contributed by atoms with van der Waals surface area (Å²) < 4.78 is 16.4. The Kier molecular flexibility index (Phi) is 7.83. The number of ketones is 1. The number of hydrogen-bond donors (Lipinski definition) is 1. The topological polar surface area (TPSA) is 88.5 Å². The van der Waals surface area contributed by atoms with Gasteiger partial charge < -0.3 is 29.1 Å². The van der Waals surface area contributed by atoms with Crippen LogP contribution in [0.3, 0.4) is 0 Å². The second-order valence-corrected chi connectivity index (χ2v) is 8.60. The molecule has 1 unspecified atom stereocenters. The molecule has 3 rings (SSSR count). The maximum atomic E-state index is 13.2. The first-order chi connectivity index (χ1) is 16.2. The van der Waals surface area contributed by atoms with Crippen LogP contribution in [0.5, 0.6) is 17.2 Å². The molecule has 1 fully saturated rings. The number of carbonyl (C=O) groups is 2. The number of aliphatic hydroxyl groups is 1. The average Bonchev–Trinajstić information content (AvgIpc) is 3.06. The number of likely N-dealkylation sites (tertiary alicyclic amines) is 1. The highest BCUT2D eigenvalue weighted by molar-refractivity contribution is 6.46. The van der Waals surface area contributed by atoms with Gasteiger partial charge in [-0.05, 0) is 63.8 Å². The molecular formula is C26H32N2O6. The van der Waals surface area contributed by atoms with Gasteiger partial charge in [0.2, 0.25) is 0 Å². The van der Waals surface area contributed by atoms with E-state index in [1.165, 1.54) is 19.1 Å². The van der Waals surface area contributed by atoms with Crippen molar-refractivity contribution in [1.29, 1.82) is 0 Å². The van der Waals surface area contributed by atoms with E-state index in [1.54, 1.807) is 24.3 Å². The number of ether oxygens (including phenoxy) is 3. The third-order valence-corrected chi connectivity index (χ3v) is 5.53. The second-order valence-electron chi connectivity index (χ2n) is 8.60. The first kappa shape index (κ1) is 25.1. The van der Waals surface area contributed by atoms with Gasteiger partial charge in [-0.1, -0.05) is 12.1 Å². The molecule has 1 aliphatic rings. The van der Waals surface area contributed by atoms with Crippen LogP contribution in [0.1, 0.15) is 31.0 Å². The Hall–Kier alpha value is -3.52. The predicted octanol–water partition coefficient (Wildman–Crippen LogP) is 3.47. The van der Waals surface area contributed by atoms with Crippen molar-refractivity contribution >= 4 is 17.4 Å². The Bertz CT molecular complexity index is 1090. The quantitative estimate of drug-likeness (QED) is 0.342. The summed E-state index contributed by atoms with van der Waals surface area (Å²) in [6, 6.07) is 11.4. The summed E-state index contributed by atoms with van der Waals surface area (Å²) in [5.41, 5.74) is 1.05. The van der Waals surface area contributed by atoms with Crippen molar-refractivity contribution in [1.82, 2.24) is 9.80 Å². The third kappa shape index (κ3) is 5.17. The van der Waals surface area contributed by atoms with Gasteiger partial charge in [0.25, 0.3) is 11.7 Å². The molecule has 1 saturated heterocycles. The maximum absolute atomic E-state index is 13.2. The Morgan fingerprint density at radius 2 is 1.76 bits per heavy atom. The van der Waals surface area contributed by atoms with Crippen molar-refractivity contribution in [2.24, 2.45) is 0 Å². The highest BCUT2D eigenvalue weighted by atomic mass is 16.5. The lowest BCUT2D eigenvalue weighted by Crippen LogP contribution is -2.35. The van der Waals surface area contributed by atoms with Gasteiger partial charge in [-0.3, -0.25) is 9.59 Å². The fourth-order valence-electron chi connectivity index (χ4n) is 3.93. The molecule has 2 aromatic rings. The molecule has 1 aliphatic heterocycles. The lowest BCUT2D eigenvalue weighted by Gasteiger charge is -2.27. The number of carbonyl (C=O) groups excluding carboxylic acids is 2. The average molecular weight is 469 g/mol. The summed E-state index contributed by atoms with van der Waals surface area (Å²) in [7, 11) is 6.79.